The number of H-pyrrole nitrogens is 1. The lowest BCUT2D eigenvalue weighted by molar-refractivity contribution is 0.472. The van der Waals surface area contributed by atoms with Crippen molar-refractivity contribution in [2.75, 3.05) is 4.90 Å². The molecule has 5 nitrogen and oxygen atoms in total. The summed E-state index contributed by atoms with van der Waals surface area (Å²) in [5.41, 5.74) is 4.66. The van der Waals surface area contributed by atoms with Gasteiger partial charge in [-0.1, -0.05) is 17.7 Å². The molecule has 1 fully saturated rings. The highest BCUT2D eigenvalue weighted by Gasteiger charge is 2.42. The summed E-state index contributed by atoms with van der Waals surface area (Å²) in [6, 6.07) is 12.6. The van der Waals surface area contributed by atoms with Crippen LogP contribution in [0.5, 0.6) is 5.75 Å². The Morgan fingerprint density at radius 3 is 2.67 bits per heavy atom. The summed E-state index contributed by atoms with van der Waals surface area (Å²) in [7, 11) is 0. The number of phenols is 1. The van der Waals surface area contributed by atoms with E-state index in [1.54, 1.807) is 24.4 Å². The van der Waals surface area contributed by atoms with Gasteiger partial charge in [0.15, 0.2) is 5.11 Å². The number of hydrogen-bond acceptors (Lipinski definition) is 3. The zero-order valence-electron chi connectivity index (χ0n) is 14.9. The summed E-state index contributed by atoms with van der Waals surface area (Å²) in [5.74, 6) is 0.125. The van der Waals surface area contributed by atoms with E-state index in [2.05, 4.69) is 21.4 Å². The van der Waals surface area contributed by atoms with Crippen LogP contribution in [0.25, 0.3) is 0 Å². The number of thiocarbonyl (C=S) groups is 1. The fourth-order valence-electron chi connectivity index (χ4n) is 3.67. The predicted molar refractivity (Wildman–Crippen MR) is 111 cm³/mol. The smallest absolute Gasteiger partial charge is 0.174 e. The monoisotopic (exact) mass is 398 g/mol. The van der Waals surface area contributed by atoms with Gasteiger partial charge in [-0.2, -0.15) is 0 Å². The second-order valence-electron chi connectivity index (χ2n) is 6.66. The second kappa shape index (κ2) is 6.87. The number of aromatic hydroxyl groups is 1. The highest BCUT2D eigenvalue weighted by Crippen LogP contribution is 2.45. The van der Waals surface area contributed by atoms with Crippen molar-refractivity contribution in [2.24, 2.45) is 0 Å². The van der Waals surface area contributed by atoms with Crippen molar-refractivity contribution < 1.29 is 5.11 Å². The van der Waals surface area contributed by atoms with Crippen LogP contribution in [0.15, 0.2) is 48.7 Å². The first-order valence-electron chi connectivity index (χ1n) is 8.61. The van der Waals surface area contributed by atoms with Gasteiger partial charge in [-0.05, 0) is 68.0 Å². The van der Waals surface area contributed by atoms with Crippen molar-refractivity contribution in [3.05, 3.63) is 76.3 Å². The van der Waals surface area contributed by atoms with Gasteiger partial charge in [0.2, 0.25) is 0 Å². The van der Waals surface area contributed by atoms with Crippen LogP contribution < -0.4 is 10.2 Å². The van der Waals surface area contributed by atoms with Crippen LogP contribution in [0.4, 0.5) is 5.69 Å². The van der Waals surface area contributed by atoms with Crippen LogP contribution in [0, 0.1) is 13.8 Å². The van der Waals surface area contributed by atoms with Crippen LogP contribution in [0.2, 0.25) is 5.02 Å². The molecular weight excluding hydrogens is 380 g/mol. The summed E-state index contributed by atoms with van der Waals surface area (Å²) in [4.78, 5) is 9.81. The van der Waals surface area contributed by atoms with E-state index in [0.717, 1.165) is 22.6 Å². The largest absolute Gasteiger partial charge is 0.506 e. The third kappa shape index (κ3) is 3.15. The third-order valence-electron chi connectivity index (χ3n) is 4.80. The maximum Gasteiger partial charge on any atom is 0.174 e. The highest BCUT2D eigenvalue weighted by atomic mass is 35.5. The number of hydrogen-bond donors (Lipinski definition) is 3. The number of aromatic nitrogens is 2. The van der Waals surface area contributed by atoms with Gasteiger partial charge < -0.3 is 20.3 Å². The summed E-state index contributed by atoms with van der Waals surface area (Å²) < 4.78 is 0. The molecule has 1 aliphatic rings. The van der Waals surface area contributed by atoms with E-state index in [-0.39, 0.29) is 17.8 Å². The minimum atomic E-state index is -0.179. The zero-order chi connectivity index (χ0) is 19.1. The zero-order valence-corrected chi connectivity index (χ0v) is 16.5. The predicted octanol–water partition coefficient (Wildman–Crippen LogP) is 4.56. The molecule has 3 heterocycles. The summed E-state index contributed by atoms with van der Waals surface area (Å²) >= 11 is 11.9. The molecule has 0 aliphatic carbocycles. The van der Waals surface area contributed by atoms with Crippen LogP contribution in [0.3, 0.4) is 0 Å². The number of halogens is 1. The van der Waals surface area contributed by atoms with Crippen LogP contribution in [-0.2, 0) is 0 Å². The number of aryl methyl sites for hydroxylation is 2. The lowest BCUT2D eigenvalue weighted by Crippen LogP contribution is -2.29. The second-order valence-corrected chi connectivity index (χ2v) is 7.49. The molecule has 1 saturated heterocycles. The van der Waals surface area contributed by atoms with E-state index < -0.39 is 0 Å². The molecule has 0 saturated carbocycles. The Balaban J connectivity index is 1.90. The molecule has 0 radical (unpaired) electrons. The summed E-state index contributed by atoms with van der Waals surface area (Å²) in [5, 5.41) is 14.9. The van der Waals surface area contributed by atoms with Gasteiger partial charge in [0.1, 0.15) is 5.75 Å². The topological polar surface area (TPSA) is 64.2 Å². The lowest BCUT2D eigenvalue weighted by Gasteiger charge is -2.28. The SMILES string of the molecule is Cc1cc([C@H]2[C@@H](c3ccccn3)NC(=S)N2c2cc(Cl)ccc2O)c(C)[nH]1. The number of rotatable bonds is 3. The average molecular weight is 399 g/mol. The maximum absolute atomic E-state index is 10.5. The van der Waals surface area contributed by atoms with Gasteiger partial charge >= 0.3 is 0 Å². The molecule has 0 spiro atoms. The average Bonchev–Trinajstić information content (AvgIpc) is 3.16. The highest BCUT2D eigenvalue weighted by molar-refractivity contribution is 7.80. The van der Waals surface area contributed by atoms with E-state index >= 15 is 0 Å². The van der Waals surface area contributed by atoms with Crippen molar-refractivity contribution >= 4 is 34.6 Å². The number of phenolic OH excluding ortho intramolecular Hbond substituents is 1. The molecule has 3 aromatic rings. The maximum atomic E-state index is 10.5. The van der Waals surface area contributed by atoms with Gasteiger partial charge in [0, 0.05) is 22.6 Å². The normalized spacial score (nSPS) is 19.4. The van der Waals surface area contributed by atoms with Gasteiger partial charge in [-0.25, -0.2) is 0 Å². The molecule has 2 atom stereocenters. The Bertz CT molecular complexity index is 1000. The van der Waals surface area contributed by atoms with Crippen LogP contribution in [-0.4, -0.2) is 20.2 Å². The standard InChI is InChI=1S/C20H19ClN4OS/c1-11-9-14(12(2)23-11)19-18(15-5-3-4-8-22-15)24-20(27)25(19)16-10-13(21)6-7-17(16)26/h3-10,18-19,23,26H,1-2H3,(H,24,27)/t18-,19+/m1/s1. The molecule has 27 heavy (non-hydrogen) atoms. The Labute approximate surface area is 168 Å². The molecule has 1 aromatic carbocycles. The summed E-state index contributed by atoms with van der Waals surface area (Å²) in [6.07, 6.45) is 1.77. The van der Waals surface area contributed by atoms with Crippen LogP contribution in [0.1, 0.15) is 34.7 Å². The van der Waals surface area contributed by atoms with Crippen molar-refractivity contribution in [3.8, 4) is 5.75 Å². The molecule has 0 unspecified atom stereocenters. The molecular formula is C20H19ClN4OS. The first-order chi connectivity index (χ1) is 13.0. The molecule has 138 valence electrons. The van der Waals surface area contributed by atoms with E-state index in [1.165, 1.54) is 0 Å². The number of anilines is 1. The summed E-state index contributed by atoms with van der Waals surface area (Å²) in [6.45, 7) is 4.06. The Hall–Kier alpha value is -2.57. The van der Waals surface area contributed by atoms with Gasteiger partial charge in [-0.3, -0.25) is 4.98 Å². The first-order valence-corrected chi connectivity index (χ1v) is 9.39. The Morgan fingerprint density at radius 1 is 1.19 bits per heavy atom. The lowest BCUT2D eigenvalue weighted by atomic mass is 9.96. The van der Waals surface area contributed by atoms with Crippen molar-refractivity contribution in [3.63, 3.8) is 0 Å². The van der Waals surface area contributed by atoms with Gasteiger partial charge in [0.05, 0.1) is 23.5 Å². The molecule has 0 bridgehead atoms. The fourth-order valence-corrected chi connectivity index (χ4v) is 4.18. The Morgan fingerprint density at radius 2 is 2.00 bits per heavy atom. The molecule has 4 rings (SSSR count). The number of aromatic amines is 1. The third-order valence-corrected chi connectivity index (χ3v) is 5.35. The fraction of sp³-hybridized carbons (Fsp3) is 0.200. The molecule has 0 amide bonds. The minimum Gasteiger partial charge on any atom is -0.506 e. The van der Waals surface area contributed by atoms with E-state index in [4.69, 9.17) is 23.8 Å². The van der Waals surface area contributed by atoms with Crippen molar-refractivity contribution in [1.29, 1.82) is 0 Å². The van der Waals surface area contributed by atoms with Crippen LogP contribution >= 0.6 is 23.8 Å². The molecule has 1 aliphatic heterocycles. The van der Waals surface area contributed by atoms with E-state index in [9.17, 15) is 5.11 Å². The van der Waals surface area contributed by atoms with Crippen molar-refractivity contribution in [1.82, 2.24) is 15.3 Å². The van der Waals surface area contributed by atoms with E-state index in [0.29, 0.717) is 15.8 Å². The number of pyridine rings is 1. The molecule has 7 heteroatoms. The van der Waals surface area contributed by atoms with Crippen molar-refractivity contribution in [2.45, 2.75) is 25.9 Å². The number of nitrogens with one attached hydrogen (secondary N) is 2. The quantitative estimate of drug-likeness (QED) is 0.564. The molecule has 3 N–H and O–H groups in total. The van der Waals surface area contributed by atoms with E-state index in [1.807, 2.05) is 36.9 Å². The first kappa shape index (κ1) is 17.8. The van der Waals surface area contributed by atoms with Gasteiger partial charge in [-0.15, -0.1) is 0 Å². The number of benzene rings is 1. The minimum absolute atomic E-state index is 0.125. The Kier molecular flexibility index (Phi) is 4.53. The molecule has 2 aromatic heterocycles. The van der Waals surface area contributed by atoms with Gasteiger partial charge in [0.25, 0.3) is 0 Å². The number of nitrogens with zero attached hydrogens (tertiary/aromatic N) is 2.